The molecule has 6 heteroatoms. The van der Waals surface area contributed by atoms with Crippen LogP contribution in [0, 0.1) is 0 Å². The number of rotatable bonds is 7. The number of amides is 2. The smallest absolute Gasteiger partial charge is 0.326 e. The second kappa shape index (κ2) is 8.27. The highest BCUT2D eigenvalue weighted by atomic mass is 32.2. The molecule has 2 amide bonds. The zero-order valence-corrected chi connectivity index (χ0v) is 10.8. The van der Waals surface area contributed by atoms with Crippen LogP contribution in [0.3, 0.4) is 0 Å². The van der Waals surface area contributed by atoms with Gasteiger partial charge in [0.05, 0.1) is 0 Å². The molecule has 5 nitrogen and oxygen atoms in total. The molecular weight excluding hydrogens is 228 g/mol. The molecule has 0 saturated carbocycles. The van der Waals surface area contributed by atoms with Gasteiger partial charge in [0.1, 0.15) is 6.04 Å². The molecule has 0 aromatic carbocycles. The van der Waals surface area contributed by atoms with E-state index in [-0.39, 0.29) is 6.04 Å². The topological polar surface area (TPSA) is 78.4 Å². The fraction of sp³-hybridized carbons (Fsp3) is 0.800. The average molecular weight is 248 g/mol. The van der Waals surface area contributed by atoms with Gasteiger partial charge in [-0.1, -0.05) is 6.92 Å². The Morgan fingerprint density at radius 1 is 1.38 bits per heavy atom. The second-order valence-electron chi connectivity index (χ2n) is 3.60. The van der Waals surface area contributed by atoms with Crippen molar-refractivity contribution in [2.45, 2.75) is 38.8 Å². The number of carbonyl (C=O) groups is 2. The van der Waals surface area contributed by atoms with Crippen LogP contribution >= 0.6 is 11.8 Å². The lowest BCUT2D eigenvalue weighted by Crippen LogP contribution is -2.48. The SMILES string of the molecule is CC[C@H](C)NC(=O)N[C@H](CCSC)C(=O)O. The summed E-state index contributed by atoms with van der Waals surface area (Å²) in [6.45, 7) is 3.82. The molecule has 0 aliphatic carbocycles. The number of thioether (sulfide) groups is 1. The van der Waals surface area contributed by atoms with Gasteiger partial charge in [0.2, 0.25) is 0 Å². The van der Waals surface area contributed by atoms with Crippen molar-refractivity contribution in [3.63, 3.8) is 0 Å². The summed E-state index contributed by atoms with van der Waals surface area (Å²) in [5, 5.41) is 14.0. The van der Waals surface area contributed by atoms with Crippen LogP contribution in [-0.4, -0.2) is 41.2 Å². The third kappa shape index (κ3) is 6.55. The molecule has 2 atom stereocenters. The Hall–Kier alpha value is -0.910. The highest BCUT2D eigenvalue weighted by Crippen LogP contribution is 2.01. The first-order valence-corrected chi connectivity index (χ1v) is 6.69. The van der Waals surface area contributed by atoms with E-state index < -0.39 is 18.0 Å². The van der Waals surface area contributed by atoms with Crippen molar-refractivity contribution in [2.75, 3.05) is 12.0 Å². The highest BCUT2D eigenvalue weighted by molar-refractivity contribution is 7.98. The fourth-order valence-electron chi connectivity index (χ4n) is 1.02. The summed E-state index contributed by atoms with van der Waals surface area (Å²) < 4.78 is 0. The lowest BCUT2D eigenvalue weighted by atomic mass is 10.2. The largest absolute Gasteiger partial charge is 0.480 e. The van der Waals surface area contributed by atoms with Crippen molar-refractivity contribution in [3.05, 3.63) is 0 Å². The number of carboxylic acids is 1. The molecule has 94 valence electrons. The Morgan fingerprint density at radius 2 is 2.00 bits per heavy atom. The van der Waals surface area contributed by atoms with Gasteiger partial charge in [0, 0.05) is 6.04 Å². The maximum Gasteiger partial charge on any atom is 0.326 e. The van der Waals surface area contributed by atoms with E-state index in [4.69, 9.17) is 5.11 Å². The van der Waals surface area contributed by atoms with Crippen molar-refractivity contribution in [2.24, 2.45) is 0 Å². The first-order valence-electron chi connectivity index (χ1n) is 5.30. The van der Waals surface area contributed by atoms with Crippen molar-refractivity contribution in [1.29, 1.82) is 0 Å². The average Bonchev–Trinajstić information content (AvgIpc) is 2.23. The van der Waals surface area contributed by atoms with Gasteiger partial charge in [-0.05, 0) is 31.8 Å². The van der Waals surface area contributed by atoms with Crippen LogP contribution in [0.15, 0.2) is 0 Å². The third-order valence-electron chi connectivity index (χ3n) is 2.20. The van der Waals surface area contributed by atoms with Crippen LogP contribution in [0.5, 0.6) is 0 Å². The van der Waals surface area contributed by atoms with Gasteiger partial charge in [-0.15, -0.1) is 0 Å². The number of urea groups is 1. The molecule has 0 spiro atoms. The van der Waals surface area contributed by atoms with Crippen LogP contribution in [0.1, 0.15) is 26.7 Å². The molecule has 0 fully saturated rings. The predicted octanol–water partition coefficient (Wildman–Crippen LogP) is 1.29. The molecule has 0 aliphatic heterocycles. The summed E-state index contributed by atoms with van der Waals surface area (Å²) >= 11 is 1.56. The molecule has 0 bridgehead atoms. The van der Waals surface area contributed by atoms with Gasteiger partial charge in [-0.25, -0.2) is 9.59 Å². The summed E-state index contributed by atoms with van der Waals surface area (Å²) in [6, 6.07) is -1.17. The summed E-state index contributed by atoms with van der Waals surface area (Å²) in [5.74, 6) is -0.283. The molecule has 0 radical (unpaired) electrons. The molecule has 0 aromatic heterocycles. The van der Waals surface area contributed by atoms with Crippen LogP contribution in [0.4, 0.5) is 4.79 Å². The van der Waals surface area contributed by atoms with E-state index in [2.05, 4.69) is 10.6 Å². The molecule has 0 unspecified atom stereocenters. The van der Waals surface area contributed by atoms with Crippen molar-refractivity contribution in [3.8, 4) is 0 Å². The minimum Gasteiger partial charge on any atom is -0.480 e. The normalized spacial score (nSPS) is 13.9. The third-order valence-corrected chi connectivity index (χ3v) is 2.85. The number of carbonyl (C=O) groups excluding carboxylic acids is 1. The van der Waals surface area contributed by atoms with E-state index in [1.165, 1.54) is 0 Å². The monoisotopic (exact) mass is 248 g/mol. The molecule has 0 aromatic rings. The second-order valence-corrected chi connectivity index (χ2v) is 4.58. The molecule has 0 heterocycles. The van der Waals surface area contributed by atoms with Crippen LogP contribution < -0.4 is 10.6 Å². The standard InChI is InChI=1S/C10H20N2O3S/c1-4-7(2)11-10(15)12-8(9(13)14)5-6-16-3/h7-8H,4-6H2,1-3H3,(H,13,14)(H2,11,12,15)/t7-,8+/m0/s1. The first kappa shape index (κ1) is 15.1. The maximum atomic E-state index is 11.4. The molecule has 16 heavy (non-hydrogen) atoms. The summed E-state index contributed by atoms with van der Waals surface area (Å²) in [4.78, 5) is 22.2. The minimum absolute atomic E-state index is 0.0509. The van der Waals surface area contributed by atoms with Gasteiger partial charge in [0.25, 0.3) is 0 Å². The van der Waals surface area contributed by atoms with Gasteiger partial charge < -0.3 is 15.7 Å². The number of hydrogen-bond donors (Lipinski definition) is 3. The van der Waals surface area contributed by atoms with E-state index in [0.717, 1.165) is 6.42 Å². The molecule has 3 N–H and O–H groups in total. The van der Waals surface area contributed by atoms with Crippen LogP contribution in [0.2, 0.25) is 0 Å². The number of hydrogen-bond acceptors (Lipinski definition) is 3. The number of carboxylic acid groups (broad SMARTS) is 1. The maximum absolute atomic E-state index is 11.4. The lowest BCUT2D eigenvalue weighted by molar-refractivity contribution is -0.139. The van der Waals surface area contributed by atoms with Crippen molar-refractivity contribution >= 4 is 23.8 Å². The van der Waals surface area contributed by atoms with Gasteiger partial charge in [0.15, 0.2) is 0 Å². The minimum atomic E-state index is -0.992. The Balaban J connectivity index is 4.07. The zero-order chi connectivity index (χ0) is 12.6. The van der Waals surface area contributed by atoms with E-state index in [0.29, 0.717) is 12.2 Å². The zero-order valence-electron chi connectivity index (χ0n) is 9.95. The molecular formula is C10H20N2O3S. The van der Waals surface area contributed by atoms with Crippen LogP contribution in [-0.2, 0) is 4.79 Å². The van der Waals surface area contributed by atoms with E-state index >= 15 is 0 Å². The quantitative estimate of drug-likeness (QED) is 0.634. The Bertz CT molecular complexity index is 236. The van der Waals surface area contributed by atoms with Gasteiger partial charge in [-0.3, -0.25) is 0 Å². The van der Waals surface area contributed by atoms with E-state index in [1.807, 2.05) is 20.1 Å². The summed E-state index contributed by atoms with van der Waals surface area (Å²) in [6.07, 6.45) is 3.15. The lowest BCUT2D eigenvalue weighted by Gasteiger charge is -2.17. The Labute approximate surface area is 100 Å². The summed E-state index contributed by atoms with van der Waals surface area (Å²) in [7, 11) is 0. The molecule has 0 aliphatic rings. The van der Waals surface area contributed by atoms with Crippen molar-refractivity contribution < 1.29 is 14.7 Å². The van der Waals surface area contributed by atoms with Crippen LogP contribution in [0.25, 0.3) is 0 Å². The Kier molecular flexibility index (Phi) is 7.80. The molecule has 0 saturated heterocycles. The van der Waals surface area contributed by atoms with Gasteiger partial charge >= 0.3 is 12.0 Å². The molecule has 0 rings (SSSR count). The van der Waals surface area contributed by atoms with E-state index in [9.17, 15) is 9.59 Å². The Morgan fingerprint density at radius 3 is 2.44 bits per heavy atom. The number of nitrogens with one attached hydrogen (secondary N) is 2. The van der Waals surface area contributed by atoms with E-state index in [1.54, 1.807) is 11.8 Å². The first-order chi connectivity index (χ1) is 7.51. The predicted molar refractivity (Wildman–Crippen MR) is 65.8 cm³/mol. The highest BCUT2D eigenvalue weighted by Gasteiger charge is 2.19. The van der Waals surface area contributed by atoms with Crippen molar-refractivity contribution in [1.82, 2.24) is 10.6 Å². The van der Waals surface area contributed by atoms with Gasteiger partial charge in [-0.2, -0.15) is 11.8 Å². The fourth-order valence-corrected chi connectivity index (χ4v) is 1.49. The number of aliphatic carboxylic acids is 1. The summed E-state index contributed by atoms with van der Waals surface area (Å²) in [5.41, 5.74) is 0.